The van der Waals surface area contributed by atoms with Crippen LogP contribution in [0.1, 0.15) is 35.7 Å². The van der Waals surface area contributed by atoms with Gasteiger partial charge in [-0.05, 0) is 43.1 Å². The summed E-state index contributed by atoms with van der Waals surface area (Å²) in [7, 11) is 0. The lowest BCUT2D eigenvalue weighted by atomic mass is 10.0. The minimum atomic E-state index is -0.808. The Morgan fingerprint density at radius 3 is 2.48 bits per heavy atom. The molecular formula is C23H28N2O4. The van der Waals surface area contributed by atoms with Crippen LogP contribution in [0.4, 0.5) is 0 Å². The Hall–Kier alpha value is -2.86. The maximum atomic E-state index is 12.9. The Kier molecular flexibility index (Phi) is 7.25. The normalized spacial score (nSPS) is 14.8. The lowest BCUT2D eigenvalue weighted by Crippen LogP contribution is -2.48. The summed E-state index contributed by atoms with van der Waals surface area (Å²) in [5.41, 5.74) is 1.69. The molecular weight excluding hydrogens is 368 g/mol. The van der Waals surface area contributed by atoms with Gasteiger partial charge in [-0.25, -0.2) is 0 Å². The lowest BCUT2D eigenvalue weighted by Gasteiger charge is -2.37. The van der Waals surface area contributed by atoms with Gasteiger partial charge in [0.2, 0.25) is 0 Å². The van der Waals surface area contributed by atoms with Crippen molar-refractivity contribution in [2.24, 2.45) is 0 Å². The molecule has 2 aromatic rings. The fourth-order valence-electron chi connectivity index (χ4n) is 3.75. The SMILES string of the molecule is CCN(CC(=O)O)C1CCN(C(=O)c2cccc(OCc3ccccc3)c2)CC1. The molecule has 0 unspecified atom stereocenters. The quantitative estimate of drug-likeness (QED) is 0.742. The van der Waals surface area contributed by atoms with Crippen LogP contribution >= 0.6 is 0 Å². The number of nitrogens with zero attached hydrogens (tertiary/aromatic N) is 2. The highest BCUT2D eigenvalue weighted by Crippen LogP contribution is 2.21. The Morgan fingerprint density at radius 1 is 1.10 bits per heavy atom. The van der Waals surface area contributed by atoms with Crippen molar-refractivity contribution < 1.29 is 19.4 Å². The highest BCUT2D eigenvalue weighted by molar-refractivity contribution is 5.94. The number of benzene rings is 2. The molecule has 3 rings (SSSR count). The van der Waals surface area contributed by atoms with E-state index in [0.29, 0.717) is 37.6 Å². The summed E-state index contributed by atoms with van der Waals surface area (Å²) in [5.74, 6) is -0.138. The number of likely N-dealkylation sites (tertiary alicyclic amines) is 1. The van der Waals surface area contributed by atoms with Gasteiger partial charge in [-0.15, -0.1) is 0 Å². The van der Waals surface area contributed by atoms with E-state index in [4.69, 9.17) is 9.84 Å². The number of amides is 1. The molecule has 0 aliphatic carbocycles. The van der Waals surface area contributed by atoms with E-state index < -0.39 is 5.97 Å². The minimum absolute atomic E-state index is 0.00473. The van der Waals surface area contributed by atoms with Gasteiger partial charge in [-0.1, -0.05) is 43.3 Å². The van der Waals surface area contributed by atoms with Crippen LogP contribution in [0, 0.1) is 0 Å². The molecule has 1 aliphatic rings. The molecule has 0 atom stereocenters. The van der Waals surface area contributed by atoms with E-state index in [9.17, 15) is 9.59 Å². The smallest absolute Gasteiger partial charge is 0.317 e. The maximum Gasteiger partial charge on any atom is 0.317 e. The van der Waals surface area contributed by atoms with Gasteiger partial charge in [0.1, 0.15) is 12.4 Å². The average Bonchev–Trinajstić information content (AvgIpc) is 2.76. The van der Waals surface area contributed by atoms with Crippen molar-refractivity contribution in [2.75, 3.05) is 26.2 Å². The maximum absolute atomic E-state index is 12.9. The second-order valence-electron chi connectivity index (χ2n) is 7.28. The third-order valence-corrected chi connectivity index (χ3v) is 5.34. The Bertz CT molecular complexity index is 817. The van der Waals surface area contributed by atoms with Crippen molar-refractivity contribution in [3.63, 3.8) is 0 Å². The number of carboxylic acid groups (broad SMARTS) is 1. The van der Waals surface area contributed by atoms with Crippen molar-refractivity contribution in [3.8, 4) is 5.75 Å². The first kappa shape index (κ1) is 20.9. The molecule has 29 heavy (non-hydrogen) atoms. The zero-order chi connectivity index (χ0) is 20.6. The first-order valence-corrected chi connectivity index (χ1v) is 10.1. The number of likely N-dealkylation sites (N-methyl/N-ethyl adjacent to an activating group) is 1. The number of aliphatic carboxylic acids is 1. The largest absolute Gasteiger partial charge is 0.489 e. The van der Waals surface area contributed by atoms with E-state index in [1.54, 1.807) is 6.07 Å². The molecule has 1 heterocycles. The van der Waals surface area contributed by atoms with Crippen molar-refractivity contribution in [1.82, 2.24) is 9.80 Å². The number of hydrogen-bond donors (Lipinski definition) is 1. The number of piperidine rings is 1. The number of carbonyl (C=O) groups excluding carboxylic acids is 1. The summed E-state index contributed by atoms with van der Waals surface area (Å²) in [5, 5.41) is 9.06. The summed E-state index contributed by atoms with van der Waals surface area (Å²) < 4.78 is 5.84. The molecule has 1 aliphatic heterocycles. The predicted octanol–water partition coefficient (Wildman–Crippen LogP) is 3.28. The zero-order valence-corrected chi connectivity index (χ0v) is 16.8. The molecule has 6 heteroatoms. The molecule has 1 amide bonds. The first-order chi connectivity index (χ1) is 14.1. The number of carbonyl (C=O) groups is 2. The molecule has 2 aromatic carbocycles. The predicted molar refractivity (Wildman–Crippen MR) is 111 cm³/mol. The second kappa shape index (κ2) is 10.1. The molecule has 1 N–H and O–H groups in total. The van der Waals surface area contributed by atoms with E-state index in [1.807, 2.05) is 65.3 Å². The van der Waals surface area contributed by atoms with Crippen LogP contribution in [0.5, 0.6) is 5.75 Å². The summed E-state index contributed by atoms with van der Waals surface area (Å²) in [6.07, 6.45) is 1.58. The number of carboxylic acids is 1. The molecule has 0 radical (unpaired) electrons. The first-order valence-electron chi connectivity index (χ1n) is 10.1. The van der Waals surface area contributed by atoms with Gasteiger partial charge in [-0.2, -0.15) is 0 Å². The van der Waals surface area contributed by atoms with Crippen molar-refractivity contribution >= 4 is 11.9 Å². The third kappa shape index (κ3) is 5.81. The second-order valence-corrected chi connectivity index (χ2v) is 7.28. The van der Waals surface area contributed by atoms with E-state index in [1.165, 1.54) is 0 Å². The van der Waals surface area contributed by atoms with Crippen LogP contribution in [-0.2, 0) is 11.4 Å². The van der Waals surface area contributed by atoms with Crippen molar-refractivity contribution in [1.29, 1.82) is 0 Å². The molecule has 154 valence electrons. The summed E-state index contributed by atoms with van der Waals surface area (Å²) >= 11 is 0. The molecule has 6 nitrogen and oxygen atoms in total. The van der Waals surface area contributed by atoms with E-state index >= 15 is 0 Å². The van der Waals surface area contributed by atoms with E-state index in [-0.39, 0.29) is 18.5 Å². The minimum Gasteiger partial charge on any atom is -0.489 e. The van der Waals surface area contributed by atoms with Crippen molar-refractivity contribution in [3.05, 3.63) is 65.7 Å². The molecule has 0 aromatic heterocycles. The average molecular weight is 396 g/mol. The van der Waals surface area contributed by atoms with Gasteiger partial charge in [0.25, 0.3) is 5.91 Å². The van der Waals surface area contributed by atoms with E-state index in [0.717, 1.165) is 18.4 Å². The monoisotopic (exact) mass is 396 g/mol. The fraction of sp³-hybridized carbons (Fsp3) is 0.391. The standard InChI is InChI=1S/C23H28N2O4/c1-2-24(16-22(26)27)20-11-13-25(14-12-20)23(28)19-9-6-10-21(15-19)29-17-18-7-4-3-5-8-18/h3-10,15,20H,2,11-14,16-17H2,1H3,(H,26,27). The zero-order valence-electron chi connectivity index (χ0n) is 16.8. The van der Waals surface area contributed by atoms with Gasteiger partial charge in [0, 0.05) is 24.7 Å². The summed E-state index contributed by atoms with van der Waals surface area (Å²) in [6.45, 7) is 4.45. The Balaban J connectivity index is 1.56. The molecule has 0 bridgehead atoms. The topological polar surface area (TPSA) is 70.1 Å². The lowest BCUT2D eigenvalue weighted by molar-refractivity contribution is -0.139. The number of hydrogen-bond acceptors (Lipinski definition) is 4. The van der Waals surface area contributed by atoms with Crippen LogP contribution < -0.4 is 4.74 Å². The summed E-state index contributed by atoms with van der Waals surface area (Å²) in [4.78, 5) is 27.8. The van der Waals surface area contributed by atoms with Crippen LogP contribution in [0.3, 0.4) is 0 Å². The van der Waals surface area contributed by atoms with Crippen LogP contribution in [0.2, 0.25) is 0 Å². The Morgan fingerprint density at radius 2 is 1.83 bits per heavy atom. The van der Waals surface area contributed by atoms with Gasteiger partial charge < -0.3 is 14.7 Å². The van der Waals surface area contributed by atoms with Crippen LogP contribution in [-0.4, -0.2) is 59.0 Å². The van der Waals surface area contributed by atoms with Crippen LogP contribution in [0.15, 0.2) is 54.6 Å². The highest BCUT2D eigenvalue weighted by Gasteiger charge is 2.27. The molecule has 0 spiro atoms. The molecule has 1 saturated heterocycles. The fourth-order valence-corrected chi connectivity index (χ4v) is 3.75. The summed E-state index contributed by atoms with van der Waals surface area (Å²) in [6, 6.07) is 17.4. The van der Waals surface area contributed by atoms with Gasteiger partial charge in [0.05, 0.1) is 6.54 Å². The van der Waals surface area contributed by atoms with Gasteiger partial charge >= 0.3 is 5.97 Å². The number of rotatable bonds is 8. The van der Waals surface area contributed by atoms with Crippen molar-refractivity contribution in [2.45, 2.75) is 32.4 Å². The number of ether oxygens (including phenoxy) is 1. The molecule has 0 saturated carbocycles. The highest BCUT2D eigenvalue weighted by atomic mass is 16.5. The Labute approximate surface area is 171 Å². The van der Waals surface area contributed by atoms with Crippen LogP contribution in [0.25, 0.3) is 0 Å². The third-order valence-electron chi connectivity index (χ3n) is 5.34. The van der Waals surface area contributed by atoms with E-state index in [2.05, 4.69) is 0 Å². The van der Waals surface area contributed by atoms with Gasteiger partial charge in [0.15, 0.2) is 0 Å². The van der Waals surface area contributed by atoms with Gasteiger partial charge in [-0.3, -0.25) is 14.5 Å². The molecule has 1 fully saturated rings.